The van der Waals surface area contributed by atoms with E-state index in [0.717, 1.165) is 29.8 Å². The molecule has 1 N–H and O–H groups in total. The van der Waals surface area contributed by atoms with E-state index in [-0.39, 0.29) is 5.91 Å². The van der Waals surface area contributed by atoms with E-state index < -0.39 is 6.10 Å². The number of benzene rings is 3. The number of aryl methyl sites for hydroxylation is 2. The summed E-state index contributed by atoms with van der Waals surface area (Å²) in [6.45, 7) is 4.61. The highest BCUT2D eigenvalue weighted by atomic mass is 16.5. The lowest BCUT2D eigenvalue weighted by molar-refractivity contribution is -0.122. The second-order valence-corrected chi connectivity index (χ2v) is 7.28. The SMILES string of the molecule is CCC(Oc1ccc(C)cc1)C(=O)Nc1ccc(OCCCc2ccccc2)cc1. The zero-order valence-electron chi connectivity index (χ0n) is 17.6. The summed E-state index contributed by atoms with van der Waals surface area (Å²) >= 11 is 0. The first-order chi connectivity index (χ1) is 14.6. The molecule has 0 aliphatic rings. The van der Waals surface area contributed by atoms with Gasteiger partial charge in [0.2, 0.25) is 0 Å². The molecule has 0 fully saturated rings. The molecule has 0 aliphatic carbocycles. The van der Waals surface area contributed by atoms with Crippen LogP contribution in [0, 0.1) is 6.92 Å². The van der Waals surface area contributed by atoms with E-state index in [2.05, 4.69) is 29.6 Å². The zero-order chi connectivity index (χ0) is 21.2. The number of amides is 1. The summed E-state index contributed by atoms with van der Waals surface area (Å²) in [6, 6.07) is 25.6. The highest BCUT2D eigenvalue weighted by molar-refractivity contribution is 5.94. The zero-order valence-corrected chi connectivity index (χ0v) is 17.6. The largest absolute Gasteiger partial charge is 0.494 e. The Balaban J connectivity index is 1.45. The fourth-order valence-corrected chi connectivity index (χ4v) is 3.07. The molecule has 0 saturated heterocycles. The fraction of sp³-hybridized carbons (Fsp3) is 0.269. The Hall–Kier alpha value is -3.27. The second kappa shape index (κ2) is 11.1. The molecule has 1 atom stereocenters. The molecule has 3 aromatic carbocycles. The van der Waals surface area contributed by atoms with Crippen LogP contribution in [-0.4, -0.2) is 18.6 Å². The quantitative estimate of drug-likeness (QED) is 0.435. The number of carbonyl (C=O) groups is 1. The smallest absolute Gasteiger partial charge is 0.265 e. The lowest BCUT2D eigenvalue weighted by Crippen LogP contribution is -2.32. The summed E-state index contributed by atoms with van der Waals surface area (Å²) in [5.74, 6) is 1.33. The average molecular weight is 404 g/mol. The van der Waals surface area contributed by atoms with E-state index >= 15 is 0 Å². The predicted molar refractivity (Wildman–Crippen MR) is 121 cm³/mol. The molecule has 3 rings (SSSR count). The van der Waals surface area contributed by atoms with Crippen LogP contribution in [0.5, 0.6) is 11.5 Å². The van der Waals surface area contributed by atoms with E-state index in [0.29, 0.717) is 18.8 Å². The van der Waals surface area contributed by atoms with Gasteiger partial charge in [0.05, 0.1) is 6.61 Å². The van der Waals surface area contributed by atoms with Gasteiger partial charge in [-0.05, 0) is 68.1 Å². The molecule has 0 heterocycles. The van der Waals surface area contributed by atoms with Crippen molar-refractivity contribution in [3.8, 4) is 11.5 Å². The molecule has 0 bridgehead atoms. The molecule has 0 spiro atoms. The van der Waals surface area contributed by atoms with E-state index in [9.17, 15) is 4.79 Å². The van der Waals surface area contributed by atoms with Gasteiger partial charge in [-0.25, -0.2) is 0 Å². The number of ether oxygens (including phenoxy) is 2. The van der Waals surface area contributed by atoms with Crippen LogP contribution in [0.1, 0.15) is 30.9 Å². The standard InChI is InChI=1S/C26H29NO3/c1-3-25(30-24-15-11-20(2)12-16-24)26(28)27-22-13-17-23(18-14-22)29-19-7-10-21-8-5-4-6-9-21/h4-6,8-9,11-18,25H,3,7,10,19H2,1-2H3,(H,27,28). The molecule has 4 heteroatoms. The van der Waals surface area contributed by atoms with E-state index in [1.54, 1.807) is 0 Å². The van der Waals surface area contributed by atoms with Crippen molar-refractivity contribution in [3.63, 3.8) is 0 Å². The van der Waals surface area contributed by atoms with E-state index in [4.69, 9.17) is 9.47 Å². The van der Waals surface area contributed by atoms with Crippen LogP contribution in [0.2, 0.25) is 0 Å². The second-order valence-electron chi connectivity index (χ2n) is 7.28. The summed E-state index contributed by atoms with van der Waals surface area (Å²) < 4.78 is 11.6. The lowest BCUT2D eigenvalue weighted by atomic mass is 10.1. The van der Waals surface area contributed by atoms with Crippen molar-refractivity contribution < 1.29 is 14.3 Å². The third kappa shape index (κ3) is 6.66. The van der Waals surface area contributed by atoms with Gasteiger partial charge in [0.25, 0.3) is 5.91 Å². The number of nitrogens with one attached hydrogen (secondary N) is 1. The van der Waals surface area contributed by atoms with Crippen LogP contribution in [-0.2, 0) is 11.2 Å². The number of carbonyl (C=O) groups excluding carboxylic acids is 1. The summed E-state index contributed by atoms with van der Waals surface area (Å²) in [7, 11) is 0. The predicted octanol–water partition coefficient (Wildman–Crippen LogP) is 5.80. The van der Waals surface area contributed by atoms with Crippen LogP contribution in [0.15, 0.2) is 78.9 Å². The van der Waals surface area contributed by atoms with Crippen molar-refractivity contribution in [2.75, 3.05) is 11.9 Å². The first kappa shape index (κ1) is 21.4. The molecule has 0 radical (unpaired) electrons. The van der Waals surface area contributed by atoms with Gasteiger partial charge in [0, 0.05) is 5.69 Å². The maximum absolute atomic E-state index is 12.6. The van der Waals surface area contributed by atoms with Gasteiger partial charge in [0.15, 0.2) is 6.10 Å². The minimum atomic E-state index is -0.540. The normalized spacial score (nSPS) is 11.5. The summed E-state index contributed by atoms with van der Waals surface area (Å²) in [5, 5.41) is 2.92. The maximum atomic E-state index is 12.6. The van der Waals surface area contributed by atoms with Gasteiger partial charge in [-0.2, -0.15) is 0 Å². The lowest BCUT2D eigenvalue weighted by Gasteiger charge is -2.17. The van der Waals surface area contributed by atoms with Crippen LogP contribution in [0.3, 0.4) is 0 Å². The molecule has 30 heavy (non-hydrogen) atoms. The van der Waals surface area contributed by atoms with Crippen LogP contribution in [0.25, 0.3) is 0 Å². The Morgan fingerprint density at radius 3 is 2.23 bits per heavy atom. The number of rotatable bonds is 10. The Bertz CT molecular complexity index is 905. The van der Waals surface area contributed by atoms with Gasteiger partial charge in [-0.3, -0.25) is 4.79 Å². The highest BCUT2D eigenvalue weighted by Crippen LogP contribution is 2.19. The number of anilines is 1. The van der Waals surface area contributed by atoms with E-state index in [1.807, 2.05) is 68.4 Å². The molecule has 0 aliphatic heterocycles. The highest BCUT2D eigenvalue weighted by Gasteiger charge is 2.18. The summed E-state index contributed by atoms with van der Waals surface area (Å²) in [5.41, 5.74) is 3.20. The fourth-order valence-electron chi connectivity index (χ4n) is 3.07. The Labute approximate surface area is 178 Å². The molecule has 1 amide bonds. The first-order valence-electron chi connectivity index (χ1n) is 10.4. The minimum Gasteiger partial charge on any atom is -0.494 e. The van der Waals surface area contributed by atoms with Crippen LogP contribution in [0.4, 0.5) is 5.69 Å². The van der Waals surface area contributed by atoms with Gasteiger partial charge >= 0.3 is 0 Å². The van der Waals surface area contributed by atoms with Gasteiger partial charge in [-0.1, -0.05) is 55.0 Å². The third-order valence-corrected chi connectivity index (χ3v) is 4.81. The van der Waals surface area contributed by atoms with E-state index in [1.165, 1.54) is 5.56 Å². The minimum absolute atomic E-state index is 0.158. The molecule has 4 nitrogen and oxygen atoms in total. The van der Waals surface area contributed by atoms with Gasteiger partial charge in [-0.15, -0.1) is 0 Å². The summed E-state index contributed by atoms with van der Waals surface area (Å²) in [6.07, 6.45) is 2.00. The van der Waals surface area contributed by atoms with Crippen LogP contribution >= 0.6 is 0 Å². The molecule has 3 aromatic rings. The van der Waals surface area contributed by atoms with Crippen molar-refractivity contribution in [1.29, 1.82) is 0 Å². The molecule has 156 valence electrons. The van der Waals surface area contributed by atoms with Crippen molar-refractivity contribution in [2.45, 2.75) is 39.2 Å². The monoisotopic (exact) mass is 403 g/mol. The molecule has 0 saturated carbocycles. The number of hydrogen-bond donors (Lipinski definition) is 1. The Morgan fingerprint density at radius 2 is 1.57 bits per heavy atom. The first-order valence-corrected chi connectivity index (χ1v) is 10.4. The number of hydrogen-bond acceptors (Lipinski definition) is 3. The van der Waals surface area contributed by atoms with Crippen molar-refractivity contribution in [2.24, 2.45) is 0 Å². The average Bonchev–Trinajstić information content (AvgIpc) is 2.78. The third-order valence-electron chi connectivity index (χ3n) is 4.81. The molecule has 0 aromatic heterocycles. The van der Waals surface area contributed by atoms with Crippen LogP contribution < -0.4 is 14.8 Å². The molecular formula is C26H29NO3. The summed E-state index contributed by atoms with van der Waals surface area (Å²) in [4.78, 5) is 12.6. The van der Waals surface area contributed by atoms with Crippen molar-refractivity contribution in [1.82, 2.24) is 0 Å². The molecule has 1 unspecified atom stereocenters. The van der Waals surface area contributed by atoms with Crippen molar-refractivity contribution >= 4 is 11.6 Å². The topological polar surface area (TPSA) is 47.6 Å². The Morgan fingerprint density at radius 1 is 0.900 bits per heavy atom. The van der Waals surface area contributed by atoms with Gasteiger partial charge < -0.3 is 14.8 Å². The molecular weight excluding hydrogens is 374 g/mol. The Kier molecular flexibility index (Phi) is 7.90. The van der Waals surface area contributed by atoms with Crippen molar-refractivity contribution in [3.05, 3.63) is 90.0 Å². The maximum Gasteiger partial charge on any atom is 0.265 e. The van der Waals surface area contributed by atoms with Gasteiger partial charge in [0.1, 0.15) is 11.5 Å².